The number of nitrogens with zero attached hydrogens (tertiary/aromatic N) is 3. The van der Waals surface area contributed by atoms with Crippen LogP contribution < -0.4 is 15.5 Å². The largest absolute Gasteiger partial charge is 0.372 e. The molecule has 0 unspecified atom stereocenters. The van der Waals surface area contributed by atoms with Crippen LogP contribution >= 0.6 is 0 Å². The highest BCUT2D eigenvalue weighted by Gasteiger charge is 2.06. The number of aryl methyl sites for hydroxylation is 1. The number of rotatable bonds is 9. The molecule has 0 bridgehead atoms. The van der Waals surface area contributed by atoms with E-state index in [-0.39, 0.29) is 5.82 Å². The maximum Gasteiger partial charge on any atom is 0.229 e. The molecule has 0 aliphatic rings. The summed E-state index contributed by atoms with van der Waals surface area (Å²) in [7, 11) is 0. The fourth-order valence-electron chi connectivity index (χ4n) is 3.21. The lowest BCUT2D eigenvalue weighted by Gasteiger charge is -2.21. The van der Waals surface area contributed by atoms with Gasteiger partial charge in [0.1, 0.15) is 11.6 Å². The van der Waals surface area contributed by atoms with Crippen LogP contribution in [0.4, 0.5) is 27.5 Å². The lowest BCUT2D eigenvalue weighted by atomic mass is 10.1. The summed E-state index contributed by atoms with van der Waals surface area (Å²) in [5.74, 6) is 1.08. The molecule has 2 N–H and O–H groups in total. The van der Waals surface area contributed by atoms with Crippen LogP contribution in [0.15, 0.2) is 54.6 Å². The third kappa shape index (κ3) is 5.67. The molecule has 1 heterocycles. The van der Waals surface area contributed by atoms with Crippen molar-refractivity contribution in [1.82, 2.24) is 9.97 Å². The van der Waals surface area contributed by atoms with Crippen LogP contribution in [0.5, 0.6) is 0 Å². The van der Waals surface area contributed by atoms with Crippen molar-refractivity contribution in [3.63, 3.8) is 0 Å². The van der Waals surface area contributed by atoms with Crippen LogP contribution in [0.3, 0.4) is 0 Å². The molecule has 1 aromatic heterocycles. The van der Waals surface area contributed by atoms with E-state index in [1.165, 1.54) is 11.8 Å². The molecule has 0 amide bonds. The molecule has 0 saturated carbocycles. The average Bonchev–Trinajstić information content (AvgIpc) is 2.71. The number of hydrogen-bond donors (Lipinski definition) is 2. The molecule has 29 heavy (non-hydrogen) atoms. The highest BCUT2D eigenvalue weighted by Crippen LogP contribution is 2.20. The molecule has 3 aromatic rings. The van der Waals surface area contributed by atoms with E-state index in [1.54, 1.807) is 12.1 Å². The predicted molar refractivity (Wildman–Crippen MR) is 119 cm³/mol. The molecule has 0 spiro atoms. The highest BCUT2D eigenvalue weighted by molar-refractivity contribution is 5.60. The topological polar surface area (TPSA) is 53.1 Å². The summed E-state index contributed by atoms with van der Waals surface area (Å²) >= 11 is 0. The van der Waals surface area contributed by atoms with Crippen molar-refractivity contribution in [2.45, 2.75) is 27.2 Å². The van der Waals surface area contributed by atoms with Crippen molar-refractivity contribution >= 4 is 23.1 Å². The maximum absolute atomic E-state index is 13.7. The van der Waals surface area contributed by atoms with Crippen LogP contribution in [0.1, 0.15) is 25.1 Å². The third-order valence-electron chi connectivity index (χ3n) is 4.76. The molecule has 152 valence electrons. The smallest absolute Gasteiger partial charge is 0.229 e. The Morgan fingerprint density at radius 1 is 0.966 bits per heavy atom. The summed E-state index contributed by atoms with van der Waals surface area (Å²) in [4.78, 5) is 11.3. The summed E-state index contributed by atoms with van der Waals surface area (Å²) in [5.41, 5.74) is 3.68. The Kier molecular flexibility index (Phi) is 7.00. The van der Waals surface area contributed by atoms with Crippen molar-refractivity contribution in [1.29, 1.82) is 0 Å². The van der Waals surface area contributed by atoms with Gasteiger partial charge in [-0.25, -0.2) is 9.37 Å². The van der Waals surface area contributed by atoms with Crippen LogP contribution in [0.2, 0.25) is 0 Å². The number of anilines is 4. The van der Waals surface area contributed by atoms with Crippen LogP contribution in [-0.2, 0) is 6.42 Å². The second kappa shape index (κ2) is 9.87. The predicted octanol–water partition coefficient (Wildman–Crippen LogP) is 5.17. The Hall–Kier alpha value is -3.15. The van der Waals surface area contributed by atoms with E-state index in [9.17, 15) is 4.39 Å². The monoisotopic (exact) mass is 393 g/mol. The van der Waals surface area contributed by atoms with Gasteiger partial charge in [0.25, 0.3) is 0 Å². The van der Waals surface area contributed by atoms with Gasteiger partial charge in [-0.05, 0) is 63.1 Å². The molecule has 5 nitrogen and oxygen atoms in total. The van der Waals surface area contributed by atoms with Gasteiger partial charge in [-0.15, -0.1) is 0 Å². The number of halogens is 1. The average molecular weight is 394 g/mol. The third-order valence-corrected chi connectivity index (χ3v) is 4.76. The first-order valence-corrected chi connectivity index (χ1v) is 10.0. The first-order chi connectivity index (χ1) is 14.1. The Bertz CT molecular complexity index is 923. The standard InChI is InChI=1S/C23H28FN5/c1-4-29(5-2)20-12-10-19(11-13-20)27-23-26-17(3)16-22(28-23)25-15-14-18-8-6-7-9-21(18)24/h6-13,16H,4-5,14-15H2,1-3H3,(H2,25,26,27,28). The number of aromatic nitrogens is 2. The van der Waals surface area contributed by atoms with Gasteiger partial charge in [0.05, 0.1) is 0 Å². The minimum atomic E-state index is -0.177. The molecule has 0 fully saturated rings. The molecule has 0 saturated heterocycles. The van der Waals surface area contributed by atoms with Crippen LogP contribution in [-0.4, -0.2) is 29.6 Å². The van der Waals surface area contributed by atoms with Gasteiger partial charge in [-0.1, -0.05) is 18.2 Å². The summed E-state index contributed by atoms with van der Waals surface area (Å²) < 4.78 is 13.7. The van der Waals surface area contributed by atoms with Crippen molar-refractivity contribution in [3.8, 4) is 0 Å². The van der Waals surface area contributed by atoms with Gasteiger partial charge in [0, 0.05) is 42.8 Å². The first kappa shape index (κ1) is 20.6. The molecule has 0 aliphatic carbocycles. The van der Waals surface area contributed by atoms with Crippen molar-refractivity contribution in [2.24, 2.45) is 0 Å². The zero-order valence-electron chi connectivity index (χ0n) is 17.2. The van der Waals surface area contributed by atoms with Gasteiger partial charge >= 0.3 is 0 Å². The maximum atomic E-state index is 13.7. The Balaban J connectivity index is 1.63. The Labute approximate surface area is 172 Å². The van der Waals surface area contributed by atoms with Gasteiger partial charge in [-0.3, -0.25) is 0 Å². The van der Waals surface area contributed by atoms with E-state index < -0.39 is 0 Å². The molecule has 0 aliphatic heterocycles. The number of nitrogens with one attached hydrogen (secondary N) is 2. The van der Waals surface area contributed by atoms with Crippen LogP contribution in [0.25, 0.3) is 0 Å². The van der Waals surface area contributed by atoms with Gasteiger partial charge in [0.15, 0.2) is 0 Å². The molecule has 2 aromatic carbocycles. The van der Waals surface area contributed by atoms with Crippen LogP contribution in [0, 0.1) is 12.7 Å². The lowest BCUT2D eigenvalue weighted by Crippen LogP contribution is -2.21. The van der Waals surface area contributed by atoms with Crippen molar-refractivity contribution in [2.75, 3.05) is 35.2 Å². The fraction of sp³-hybridized carbons (Fsp3) is 0.304. The molecule has 0 radical (unpaired) electrons. The lowest BCUT2D eigenvalue weighted by molar-refractivity contribution is 0.610. The molecule has 6 heteroatoms. The normalized spacial score (nSPS) is 10.6. The molecular formula is C23H28FN5. The van der Waals surface area contributed by atoms with Crippen molar-refractivity contribution < 1.29 is 4.39 Å². The fourth-order valence-corrected chi connectivity index (χ4v) is 3.21. The van der Waals surface area contributed by atoms with E-state index in [0.29, 0.717) is 24.5 Å². The van der Waals surface area contributed by atoms with Crippen molar-refractivity contribution in [3.05, 3.63) is 71.7 Å². The second-order valence-corrected chi connectivity index (χ2v) is 6.83. The minimum absolute atomic E-state index is 0.177. The summed E-state index contributed by atoms with van der Waals surface area (Å²) in [6.45, 7) is 8.78. The van der Waals surface area contributed by atoms with E-state index in [0.717, 1.165) is 30.3 Å². The molecule has 0 atom stereocenters. The molecular weight excluding hydrogens is 365 g/mol. The Morgan fingerprint density at radius 3 is 2.38 bits per heavy atom. The SMILES string of the molecule is CCN(CC)c1ccc(Nc2nc(C)cc(NCCc3ccccc3F)n2)cc1. The van der Waals surface area contributed by atoms with E-state index in [4.69, 9.17) is 0 Å². The zero-order valence-corrected chi connectivity index (χ0v) is 17.2. The summed E-state index contributed by atoms with van der Waals surface area (Å²) in [6, 6.07) is 17.0. The molecule has 3 rings (SSSR count). The van der Waals surface area contributed by atoms with Gasteiger partial charge < -0.3 is 15.5 Å². The van der Waals surface area contributed by atoms with E-state index in [1.807, 2.05) is 31.2 Å². The number of benzene rings is 2. The van der Waals surface area contributed by atoms with Gasteiger partial charge in [0.2, 0.25) is 5.95 Å². The summed E-state index contributed by atoms with van der Waals surface area (Å²) in [5, 5.41) is 6.53. The van der Waals surface area contributed by atoms with Gasteiger partial charge in [-0.2, -0.15) is 4.98 Å². The van der Waals surface area contributed by atoms with E-state index >= 15 is 0 Å². The number of hydrogen-bond acceptors (Lipinski definition) is 5. The zero-order chi connectivity index (χ0) is 20.6. The summed E-state index contributed by atoms with van der Waals surface area (Å²) in [6.07, 6.45) is 0.589. The quantitative estimate of drug-likeness (QED) is 0.525. The highest BCUT2D eigenvalue weighted by atomic mass is 19.1. The van der Waals surface area contributed by atoms with E-state index in [2.05, 4.69) is 51.5 Å². The minimum Gasteiger partial charge on any atom is -0.372 e. The Morgan fingerprint density at radius 2 is 1.69 bits per heavy atom. The second-order valence-electron chi connectivity index (χ2n) is 6.83. The first-order valence-electron chi connectivity index (χ1n) is 10.0.